The summed E-state index contributed by atoms with van der Waals surface area (Å²) in [6.07, 6.45) is -1.53. The zero-order valence-corrected chi connectivity index (χ0v) is 14.1. The molecule has 0 radical (unpaired) electrons. The second kappa shape index (κ2) is 7.14. The maximum atomic E-state index is 12.9. The summed E-state index contributed by atoms with van der Waals surface area (Å²) in [4.78, 5) is 32.3. The molecule has 0 saturated heterocycles. The number of aromatic nitrogens is 4. The molecule has 0 atom stereocenters. The molecule has 2 heterocycles. The van der Waals surface area contributed by atoms with E-state index in [-0.39, 0.29) is 16.6 Å². The summed E-state index contributed by atoms with van der Waals surface area (Å²) < 4.78 is 39.8. The van der Waals surface area contributed by atoms with Crippen molar-refractivity contribution in [1.29, 1.82) is 0 Å². The lowest BCUT2D eigenvalue weighted by molar-refractivity contribution is -0.137. The smallest absolute Gasteiger partial charge is 0.309 e. The van der Waals surface area contributed by atoms with Gasteiger partial charge in [-0.2, -0.15) is 18.3 Å². The van der Waals surface area contributed by atoms with Crippen molar-refractivity contribution in [1.82, 2.24) is 19.7 Å². The van der Waals surface area contributed by atoms with Crippen LogP contribution in [0.4, 0.5) is 19.0 Å². The zero-order chi connectivity index (χ0) is 19.6. The van der Waals surface area contributed by atoms with E-state index in [2.05, 4.69) is 20.4 Å². The number of hydrogen-bond acceptors (Lipinski definition) is 5. The molecule has 1 amide bonds. The lowest BCUT2D eigenvalue weighted by atomic mass is 10.1. The Morgan fingerprint density at radius 1 is 1.22 bits per heavy atom. The Morgan fingerprint density at radius 2 is 2.00 bits per heavy atom. The maximum absolute atomic E-state index is 12.9. The van der Waals surface area contributed by atoms with E-state index in [1.807, 2.05) is 0 Å². The molecule has 0 saturated carbocycles. The Balaban J connectivity index is 1.98. The zero-order valence-electron chi connectivity index (χ0n) is 14.1. The average molecular weight is 377 g/mol. The molecule has 27 heavy (non-hydrogen) atoms. The molecule has 0 aliphatic heterocycles. The summed E-state index contributed by atoms with van der Waals surface area (Å²) in [6, 6.07) is 4.34. The van der Waals surface area contributed by atoms with Gasteiger partial charge in [-0.3, -0.25) is 9.59 Å². The maximum Gasteiger partial charge on any atom is 0.416 e. The SMILES string of the molecule is CCc1nn(CC(=O)Nc2ccncn2)c(=O)c2ccc(C(F)(F)F)cc12. The van der Waals surface area contributed by atoms with Gasteiger partial charge in [-0.1, -0.05) is 6.92 Å². The van der Waals surface area contributed by atoms with E-state index in [4.69, 9.17) is 0 Å². The number of anilines is 1. The van der Waals surface area contributed by atoms with Crippen molar-refractivity contribution in [3.05, 3.63) is 58.4 Å². The molecule has 1 N–H and O–H groups in total. The standard InChI is InChI=1S/C17H14F3N5O2/c1-2-13-12-7-10(17(18,19)20)3-4-11(12)16(27)25(24-13)8-15(26)23-14-5-6-21-9-22-14/h3-7,9H,2,8H2,1H3,(H,21,22,23,26). The van der Waals surface area contributed by atoms with Crippen molar-refractivity contribution in [3.63, 3.8) is 0 Å². The Bertz CT molecular complexity index is 1050. The molecule has 2 aromatic heterocycles. The van der Waals surface area contributed by atoms with Crippen LogP contribution in [0.15, 0.2) is 41.6 Å². The normalized spacial score (nSPS) is 11.6. The highest BCUT2D eigenvalue weighted by molar-refractivity contribution is 5.90. The van der Waals surface area contributed by atoms with Gasteiger partial charge in [0.15, 0.2) is 0 Å². The van der Waals surface area contributed by atoms with Gasteiger partial charge in [0.05, 0.1) is 16.6 Å². The van der Waals surface area contributed by atoms with Crippen molar-refractivity contribution in [3.8, 4) is 0 Å². The summed E-state index contributed by atoms with van der Waals surface area (Å²) in [7, 11) is 0. The van der Waals surface area contributed by atoms with Crippen LogP contribution in [0.2, 0.25) is 0 Å². The molecule has 0 spiro atoms. The number of carbonyl (C=O) groups excluding carboxylic acids is 1. The van der Waals surface area contributed by atoms with Gasteiger partial charge >= 0.3 is 6.18 Å². The first kappa shape index (κ1) is 18.5. The van der Waals surface area contributed by atoms with Crippen molar-refractivity contribution >= 4 is 22.5 Å². The molecule has 0 aliphatic carbocycles. The number of nitrogens with zero attached hydrogens (tertiary/aromatic N) is 4. The van der Waals surface area contributed by atoms with Crippen LogP contribution in [0.1, 0.15) is 18.2 Å². The van der Waals surface area contributed by atoms with Crippen molar-refractivity contribution in [2.24, 2.45) is 0 Å². The highest BCUT2D eigenvalue weighted by Gasteiger charge is 2.31. The van der Waals surface area contributed by atoms with Crippen LogP contribution in [0.3, 0.4) is 0 Å². The molecule has 1 aromatic carbocycles. The largest absolute Gasteiger partial charge is 0.416 e. The summed E-state index contributed by atoms with van der Waals surface area (Å²) in [5, 5.41) is 6.76. The Labute approximate surface area is 150 Å². The number of rotatable bonds is 4. The highest BCUT2D eigenvalue weighted by Crippen LogP contribution is 2.31. The van der Waals surface area contributed by atoms with E-state index in [0.717, 1.165) is 22.9 Å². The first-order valence-corrected chi connectivity index (χ1v) is 7.96. The predicted octanol–water partition coefficient (Wildman–Crippen LogP) is 2.41. The van der Waals surface area contributed by atoms with E-state index < -0.39 is 29.8 Å². The monoisotopic (exact) mass is 377 g/mol. The number of hydrogen-bond donors (Lipinski definition) is 1. The van der Waals surface area contributed by atoms with Crippen LogP contribution < -0.4 is 10.9 Å². The van der Waals surface area contributed by atoms with Gasteiger partial charge < -0.3 is 5.32 Å². The number of benzene rings is 1. The van der Waals surface area contributed by atoms with Crippen LogP contribution in [-0.4, -0.2) is 25.7 Å². The number of carbonyl (C=O) groups is 1. The molecule has 3 rings (SSSR count). The molecule has 140 valence electrons. The fourth-order valence-corrected chi connectivity index (χ4v) is 2.58. The van der Waals surface area contributed by atoms with Gasteiger partial charge in [-0.05, 0) is 30.7 Å². The first-order chi connectivity index (χ1) is 12.8. The summed E-state index contributed by atoms with van der Waals surface area (Å²) >= 11 is 0. The topological polar surface area (TPSA) is 89.8 Å². The fourth-order valence-electron chi connectivity index (χ4n) is 2.58. The lowest BCUT2D eigenvalue weighted by Gasteiger charge is -2.12. The fraction of sp³-hybridized carbons (Fsp3) is 0.235. The Morgan fingerprint density at radius 3 is 2.63 bits per heavy atom. The van der Waals surface area contributed by atoms with Crippen molar-refractivity contribution in [2.75, 3.05) is 5.32 Å². The van der Waals surface area contributed by atoms with E-state index in [1.54, 1.807) is 6.92 Å². The third kappa shape index (κ3) is 3.94. The van der Waals surface area contributed by atoms with Gasteiger partial charge in [0.1, 0.15) is 18.7 Å². The molecule has 7 nitrogen and oxygen atoms in total. The number of nitrogens with one attached hydrogen (secondary N) is 1. The second-order valence-electron chi connectivity index (χ2n) is 5.66. The second-order valence-corrected chi connectivity index (χ2v) is 5.66. The van der Waals surface area contributed by atoms with Crippen LogP contribution in [-0.2, 0) is 23.9 Å². The highest BCUT2D eigenvalue weighted by atomic mass is 19.4. The van der Waals surface area contributed by atoms with E-state index in [1.165, 1.54) is 18.6 Å². The average Bonchev–Trinajstić information content (AvgIpc) is 2.63. The van der Waals surface area contributed by atoms with Crippen molar-refractivity contribution in [2.45, 2.75) is 26.1 Å². The van der Waals surface area contributed by atoms with Crippen LogP contribution in [0.25, 0.3) is 10.8 Å². The third-order valence-corrected chi connectivity index (χ3v) is 3.84. The van der Waals surface area contributed by atoms with Gasteiger partial charge in [0, 0.05) is 11.6 Å². The quantitative estimate of drug-likeness (QED) is 0.754. The first-order valence-electron chi connectivity index (χ1n) is 7.96. The minimum atomic E-state index is -4.52. The molecule has 0 aliphatic rings. The minimum absolute atomic E-state index is 0.0738. The molecule has 10 heteroatoms. The minimum Gasteiger partial charge on any atom is -0.309 e. The van der Waals surface area contributed by atoms with Crippen LogP contribution in [0.5, 0.6) is 0 Å². The predicted molar refractivity (Wildman–Crippen MR) is 91.0 cm³/mol. The number of aryl methyl sites for hydroxylation is 1. The van der Waals surface area contributed by atoms with Gasteiger partial charge in [0.25, 0.3) is 5.56 Å². The van der Waals surface area contributed by atoms with Gasteiger partial charge in [-0.25, -0.2) is 14.6 Å². The van der Waals surface area contributed by atoms with E-state index >= 15 is 0 Å². The summed E-state index contributed by atoms with van der Waals surface area (Å²) in [6.45, 7) is 1.31. The number of amides is 1. The summed E-state index contributed by atoms with van der Waals surface area (Å²) in [5.41, 5.74) is -1.20. The molecule has 0 unspecified atom stereocenters. The van der Waals surface area contributed by atoms with E-state index in [0.29, 0.717) is 12.1 Å². The van der Waals surface area contributed by atoms with Gasteiger partial charge in [-0.15, -0.1) is 0 Å². The van der Waals surface area contributed by atoms with Crippen LogP contribution in [0, 0.1) is 0 Å². The van der Waals surface area contributed by atoms with E-state index in [9.17, 15) is 22.8 Å². The number of fused-ring (bicyclic) bond motifs is 1. The summed E-state index contributed by atoms with van der Waals surface area (Å²) in [5.74, 6) is -0.286. The van der Waals surface area contributed by atoms with Gasteiger partial charge in [0.2, 0.25) is 5.91 Å². The lowest BCUT2D eigenvalue weighted by Crippen LogP contribution is -2.31. The number of halogens is 3. The Kier molecular flexibility index (Phi) is 4.89. The van der Waals surface area contributed by atoms with Crippen LogP contribution >= 0.6 is 0 Å². The third-order valence-electron chi connectivity index (χ3n) is 3.84. The van der Waals surface area contributed by atoms with Crippen molar-refractivity contribution < 1.29 is 18.0 Å². The molecular weight excluding hydrogens is 363 g/mol. The molecule has 0 fully saturated rings. The molecule has 0 bridgehead atoms. The Hall–Kier alpha value is -3.30. The molecular formula is C17H14F3N5O2. The number of alkyl halides is 3. The molecule has 3 aromatic rings.